The van der Waals surface area contributed by atoms with Crippen molar-refractivity contribution in [1.29, 1.82) is 0 Å². The maximum absolute atomic E-state index is 14.1. The molecule has 43 heavy (non-hydrogen) atoms. The van der Waals surface area contributed by atoms with Gasteiger partial charge in [0.05, 0.1) is 11.6 Å². The molecule has 0 aromatic rings. The standard InChI is InChI=1S/C30H49N5O7S/c1-5-6-10-21(23(36)26(38)31-19-11-12-19)32-25(37)22-20-15-18(20)16-35(22)27(39)24(29(2,3)4)33-28(40)34-30(17-43(41)42)13-8-7-9-14-30/h18-22,24H,5-17H2,1-4H3,(H,31,38)(H,32,37)(H,41,42)(H2,33,34,40)/p-1. The van der Waals surface area contributed by atoms with Crippen LogP contribution in [0.4, 0.5) is 4.79 Å². The second kappa shape index (κ2) is 13.6. The molecule has 242 valence electrons. The van der Waals surface area contributed by atoms with E-state index in [0.717, 1.165) is 44.9 Å². The maximum atomic E-state index is 14.1. The van der Waals surface area contributed by atoms with Crippen LogP contribution in [0.25, 0.3) is 0 Å². The minimum absolute atomic E-state index is 0.0172. The largest absolute Gasteiger partial charge is 0.772 e. The lowest BCUT2D eigenvalue weighted by Crippen LogP contribution is -2.63. The number of nitrogens with one attached hydrogen (secondary N) is 4. The van der Waals surface area contributed by atoms with Crippen molar-refractivity contribution in [2.45, 2.75) is 128 Å². The van der Waals surface area contributed by atoms with E-state index in [1.54, 1.807) is 0 Å². The number of nitrogens with zero attached hydrogens (tertiary/aromatic N) is 1. The fraction of sp³-hybridized carbons (Fsp3) is 0.833. The van der Waals surface area contributed by atoms with Crippen molar-refractivity contribution in [1.82, 2.24) is 26.2 Å². The first-order valence-electron chi connectivity index (χ1n) is 15.8. The number of unbranched alkanes of at least 4 members (excludes halogenated alkanes) is 1. The van der Waals surface area contributed by atoms with Crippen molar-refractivity contribution in [2.75, 3.05) is 12.3 Å². The molecule has 6 atom stereocenters. The Morgan fingerprint density at radius 2 is 1.72 bits per heavy atom. The lowest BCUT2D eigenvalue weighted by Gasteiger charge is -2.40. The highest BCUT2D eigenvalue weighted by Gasteiger charge is 2.58. The molecule has 3 aliphatic carbocycles. The quantitative estimate of drug-likeness (QED) is 0.178. The van der Waals surface area contributed by atoms with E-state index in [4.69, 9.17) is 0 Å². The van der Waals surface area contributed by atoms with Crippen LogP contribution in [0.15, 0.2) is 0 Å². The number of fused-ring (bicyclic) bond motifs is 1. The summed E-state index contributed by atoms with van der Waals surface area (Å²) in [5.41, 5.74) is -1.60. The van der Waals surface area contributed by atoms with E-state index in [1.807, 2.05) is 27.7 Å². The Hall–Kier alpha value is -2.54. The van der Waals surface area contributed by atoms with Crippen molar-refractivity contribution in [3.05, 3.63) is 0 Å². The van der Waals surface area contributed by atoms with Gasteiger partial charge in [0.25, 0.3) is 5.91 Å². The van der Waals surface area contributed by atoms with Crippen LogP contribution < -0.4 is 21.3 Å². The zero-order valence-corrected chi connectivity index (χ0v) is 26.7. The lowest BCUT2D eigenvalue weighted by atomic mass is 9.83. The van der Waals surface area contributed by atoms with Crippen molar-refractivity contribution in [2.24, 2.45) is 17.3 Å². The van der Waals surface area contributed by atoms with Gasteiger partial charge in [-0.25, -0.2) is 4.79 Å². The first-order chi connectivity index (χ1) is 20.2. The minimum Gasteiger partial charge on any atom is -0.772 e. The molecule has 4 rings (SSSR count). The summed E-state index contributed by atoms with van der Waals surface area (Å²) in [7, 11) is 0. The third-order valence-corrected chi connectivity index (χ3v) is 10.1. The van der Waals surface area contributed by atoms with E-state index in [0.29, 0.717) is 32.2 Å². The van der Waals surface area contributed by atoms with Gasteiger partial charge >= 0.3 is 6.03 Å². The van der Waals surface area contributed by atoms with Gasteiger partial charge in [-0.1, -0.05) is 70.9 Å². The molecule has 1 heterocycles. The van der Waals surface area contributed by atoms with Gasteiger partial charge in [0, 0.05) is 18.3 Å². The number of urea groups is 1. The van der Waals surface area contributed by atoms with Crippen LogP contribution in [0, 0.1) is 17.3 Å². The molecule has 13 heteroatoms. The molecule has 6 unspecified atom stereocenters. The number of piperidine rings is 1. The van der Waals surface area contributed by atoms with Crippen molar-refractivity contribution in [3.63, 3.8) is 0 Å². The third-order valence-electron chi connectivity index (χ3n) is 9.29. The molecule has 0 bridgehead atoms. The minimum atomic E-state index is -2.34. The van der Waals surface area contributed by atoms with E-state index in [-0.39, 0.29) is 23.6 Å². The summed E-state index contributed by atoms with van der Waals surface area (Å²) < 4.78 is 23.2. The van der Waals surface area contributed by atoms with Gasteiger partial charge in [-0.05, 0) is 55.8 Å². The molecule has 1 saturated heterocycles. The number of amides is 5. The van der Waals surface area contributed by atoms with Gasteiger partial charge in [-0.2, -0.15) is 0 Å². The van der Waals surface area contributed by atoms with Gasteiger partial charge in [0.1, 0.15) is 12.1 Å². The average molecular weight is 623 g/mol. The molecular formula is C30H48N5O7S-. The van der Waals surface area contributed by atoms with E-state index < -0.39 is 69.7 Å². The van der Waals surface area contributed by atoms with Crippen molar-refractivity contribution < 1.29 is 32.7 Å². The summed E-state index contributed by atoms with van der Waals surface area (Å²) in [6.07, 6.45) is 7.89. The molecule has 0 aromatic heterocycles. The number of likely N-dealkylation sites (tertiary alicyclic amines) is 1. The van der Waals surface area contributed by atoms with Crippen LogP contribution in [0.1, 0.15) is 98.3 Å². The summed E-state index contributed by atoms with van der Waals surface area (Å²) in [4.78, 5) is 68.0. The van der Waals surface area contributed by atoms with E-state index in [2.05, 4.69) is 21.3 Å². The summed E-state index contributed by atoms with van der Waals surface area (Å²) >= 11 is -2.34. The number of Topliss-reactive ketones (excluding diaryl/α,β-unsaturated/α-hetero) is 1. The highest BCUT2D eigenvalue weighted by atomic mass is 32.2. The van der Waals surface area contributed by atoms with Crippen molar-refractivity contribution in [3.8, 4) is 0 Å². The number of hydrogen-bond acceptors (Lipinski definition) is 7. The molecule has 4 fully saturated rings. The van der Waals surface area contributed by atoms with Gasteiger partial charge in [-0.3, -0.25) is 23.4 Å². The predicted molar refractivity (Wildman–Crippen MR) is 159 cm³/mol. The Morgan fingerprint density at radius 3 is 2.30 bits per heavy atom. The molecule has 0 spiro atoms. The number of carbonyl (C=O) groups is 5. The van der Waals surface area contributed by atoms with Crippen LogP contribution in [0.3, 0.4) is 0 Å². The smallest absolute Gasteiger partial charge is 0.315 e. The Balaban J connectivity index is 1.46. The number of hydrogen-bond donors (Lipinski definition) is 4. The van der Waals surface area contributed by atoms with Crippen molar-refractivity contribution >= 4 is 40.6 Å². The summed E-state index contributed by atoms with van der Waals surface area (Å²) in [5.74, 6) is -2.28. The second-order valence-electron chi connectivity index (χ2n) is 14.1. The monoisotopic (exact) mass is 622 g/mol. The molecule has 5 amide bonds. The number of rotatable bonds is 13. The normalized spacial score (nSPS) is 26.3. The zero-order chi connectivity index (χ0) is 31.5. The zero-order valence-electron chi connectivity index (χ0n) is 25.9. The molecule has 0 aromatic carbocycles. The highest BCUT2D eigenvalue weighted by Crippen LogP contribution is 2.50. The summed E-state index contributed by atoms with van der Waals surface area (Å²) in [6, 6.07) is -3.35. The first kappa shape index (κ1) is 33.4. The first-order valence-corrected chi connectivity index (χ1v) is 17.1. The van der Waals surface area contributed by atoms with Crippen LogP contribution in [-0.2, 0) is 30.3 Å². The molecule has 12 nitrogen and oxygen atoms in total. The predicted octanol–water partition coefficient (Wildman–Crippen LogP) is 1.65. The van der Waals surface area contributed by atoms with Gasteiger partial charge < -0.3 is 30.7 Å². The summed E-state index contributed by atoms with van der Waals surface area (Å²) in [6.45, 7) is 7.80. The lowest BCUT2D eigenvalue weighted by molar-refractivity contribution is -0.144. The molecule has 0 radical (unpaired) electrons. The Kier molecular flexibility index (Phi) is 10.6. The van der Waals surface area contributed by atoms with Crippen LogP contribution in [-0.4, -0.2) is 85.2 Å². The topological polar surface area (TPSA) is 177 Å². The van der Waals surface area contributed by atoms with E-state index >= 15 is 0 Å². The Morgan fingerprint density at radius 1 is 1.05 bits per heavy atom. The van der Waals surface area contributed by atoms with Crippen LogP contribution in [0.5, 0.6) is 0 Å². The highest BCUT2D eigenvalue weighted by molar-refractivity contribution is 7.79. The van der Waals surface area contributed by atoms with Crippen LogP contribution >= 0.6 is 0 Å². The maximum Gasteiger partial charge on any atom is 0.315 e. The Labute approximate surface area is 256 Å². The third kappa shape index (κ3) is 8.55. The van der Waals surface area contributed by atoms with Gasteiger partial charge in [-0.15, -0.1) is 0 Å². The van der Waals surface area contributed by atoms with Crippen LogP contribution in [0.2, 0.25) is 0 Å². The van der Waals surface area contributed by atoms with E-state index in [1.165, 1.54) is 4.90 Å². The summed E-state index contributed by atoms with van der Waals surface area (Å²) in [5, 5.41) is 11.2. The number of ketones is 1. The number of carbonyl (C=O) groups excluding carboxylic acids is 5. The average Bonchev–Trinajstić information content (AvgIpc) is 3.86. The van der Waals surface area contributed by atoms with E-state index in [9.17, 15) is 32.7 Å². The second-order valence-corrected chi connectivity index (χ2v) is 15.0. The molecule has 4 N–H and O–H groups in total. The fourth-order valence-electron chi connectivity index (χ4n) is 6.59. The Bertz CT molecular complexity index is 1110. The fourth-order valence-corrected chi connectivity index (χ4v) is 7.40. The van der Waals surface area contributed by atoms with Gasteiger partial charge in [0.2, 0.25) is 17.6 Å². The SMILES string of the molecule is CCCCC(NC(=O)C1C2CC2CN1C(=O)C(NC(=O)NC1(CS(=O)[O-])CCCCC1)C(C)(C)C)C(=O)C(=O)NC1CC1. The molecular weight excluding hydrogens is 574 g/mol. The van der Waals surface area contributed by atoms with Gasteiger partial charge in [0.15, 0.2) is 0 Å². The molecule has 4 aliphatic rings. The molecule has 3 saturated carbocycles. The molecule has 1 aliphatic heterocycles.